The molecule has 1 fully saturated rings. The van der Waals surface area contributed by atoms with Gasteiger partial charge in [0.15, 0.2) is 0 Å². The molecule has 94 valence electrons. The summed E-state index contributed by atoms with van der Waals surface area (Å²) in [6, 6.07) is 6.47. The molecule has 0 aromatic heterocycles. The van der Waals surface area contributed by atoms with E-state index < -0.39 is 0 Å². The first-order valence-electron chi connectivity index (χ1n) is 6.42. The van der Waals surface area contributed by atoms with E-state index in [1.54, 1.807) is 0 Å². The molecule has 0 radical (unpaired) electrons. The van der Waals surface area contributed by atoms with Crippen molar-refractivity contribution >= 4 is 15.9 Å². The lowest BCUT2D eigenvalue weighted by Gasteiger charge is -2.17. The molecule has 1 atom stereocenters. The highest BCUT2D eigenvalue weighted by Gasteiger charge is 2.21. The van der Waals surface area contributed by atoms with Gasteiger partial charge in [0.1, 0.15) is 0 Å². The highest BCUT2D eigenvalue weighted by atomic mass is 79.9. The number of halogens is 1. The van der Waals surface area contributed by atoms with Crippen LogP contribution in [0.3, 0.4) is 0 Å². The lowest BCUT2D eigenvalue weighted by molar-refractivity contribution is 0.314. The summed E-state index contributed by atoms with van der Waals surface area (Å²) in [6.45, 7) is 6.45. The zero-order valence-corrected chi connectivity index (χ0v) is 12.0. The molecule has 0 amide bonds. The average Bonchev–Trinajstić information content (AvgIpc) is 2.79. The van der Waals surface area contributed by atoms with E-state index in [1.165, 1.54) is 41.5 Å². The van der Waals surface area contributed by atoms with Gasteiger partial charge in [-0.1, -0.05) is 41.4 Å². The molecule has 1 aliphatic heterocycles. The van der Waals surface area contributed by atoms with Crippen molar-refractivity contribution in [3.8, 4) is 0 Å². The summed E-state index contributed by atoms with van der Waals surface area (Å²) < 4.78 is 1.19. The number of hydrogen-bond acceptors (Lipinski definition) is 2. The minimum absolute atomic E-state index is 0.612. The van der Waals surface area contributed by atoms with Crippen LogP contribution in [0.15, 0.2) is 22.7 Å². The normalized spacial score (nSPS) is 21.0. The topological polar surface area (TPSA) is 29.3 Å². The van der Waals surface area contributed by atoms with Crippen molar-refractivity contribution < 1.29 is 0 Å². The predicted octanol–water partition coefficient (Wildman–Crippen LogP) is 3.14. The van der Waals surface area contributed by atoms with Crippen LogP contribution in [0.4, 0.5) is 0 Å². The second-order valence-electron chi connectivity index (χ2n) is 4.93. The van der Waals surface area contributed by atoms with E-state index in [0.717, 1.165) is 12.5 Å². The van der Waals surface area contributed by atoms with E-state index in [9.17, 15) is 0 Å². The van der Waals surface area contributed by atoms with Crippen molar-refractivity contribution in [2.45, 2.75) is 32.9 Å². The molecule has 1 unspecified atom stereocenters. The molecule has 2 rings (SSSR count). The molecule has 0 saturated carbocycles. The van der Waals surface area contributed by atoms with Crippen LogP contribution in [0.25, 0.3) is 0 Å². The first-order valence-corrected chi connectivity index (χ1v) is 7.22. The molecular weight excluding hydrogens is 276 g/mol. The molecule has 0 bridgehead atoms. The Balaban J connectivity index is 1.99. The fraction of sp³-hybridized carbons (Fsp3) is 0.571. The third-order valence-corrected chi connectivity index (χ3v) is 4.43. The number of likely N-dealkylation sites (tertiary alicyclic amines) is 1. The third kappa shape index (κ3) is 3.30. The van der Waals surface area contributed by atoms with Crippen LogP contribution in [0.2, 0.25) is 0 Å². The molecule has 2 N–H and O–H groups in total. The van der Waals surface area contributed by atoms with Crippen LogP contribution < -0.4 is 5.73 Å². The van der Waals surface area contributed by atoms with E-state index in [1.807, 2.05) is 0 Å². The summed E-state index contributed by atoms with van der Waals surface area (Å²) in [4.78, 5) is 2.55. The second kappa shape index (κ2) is 5.98. The Morgan fingerprint density at radius 3 is 2.88 bits per heavy atom. The van der Waals surface area contributed by atoms with Crippen molar-refractivity contribution in [3.63, 3.8) is 0 Å². The summed E-state index contributed by atoms with van der Waals surface area (Å²) in [5.74, 6) is 0.900. The lowest BCUT2D eigenvalue weighted by Crippen LogP contribution is -2.20. The second-order valence-corrected chi connectivity index (χ2v) is 5.78. The van der Waals surface area contributed by atoms with Gasteiger partial charge in [0.25, 0.3) is 0 Å². The molecule has 0 aliphatic carbocycles. The first kappa shape index (κ1) is 13.1. The van der Waals surface area contributed by atoms with Gasteiger partial charge in [0.2, 0.25) is 0 Å². The van der Waals surface area contributed by atoms with Crippen LogP contribution in [0.1, 0.15) is 30.9 Å². The van der Waals surface area contributed by atoms with Crippen LogP contribution in [-0.2, 0) is 13.1 Å². The van der Waals surface area contributed by atoms with Gasteiger partial charge >= 0.3 is 0 Å². The Bertz CT molecular complexity index is 378. The van der Waals surface area contributed by atoms with Crippen molar-refractivity contribution in [2.75, 3.05) is 13.1 Å². The Morgan fingerprint density at radius 2 is 2.29 bits per heavy atom. The molecule has 0 spiro atoms. The Morgan fingerprint density at radius 1 is 1.47 bits per heavy atom. The van der Waals surface area contributed by atoms with Gasteiger partial charge in [-0.15, -0.1) is 0 Å². The monoisotopic (exact) mass is 296 g/mol. The Kier molecular flexibility index (Phi) is 4.60. The van der Waals surface area contributed by atoms with E-state index in [-0.39, 0.29) is 0 Å². The number of nitrogens with two attached hydrogens (primary N) is 1. The maximum Gasteiger partial charge on any atom is 0.0245 e. The van der Waals surface area contributed by atoms with Crippen LogP contribution >= 0.6 is 15.9 Å². The van der Waals surface area contributed by atoms with Gasteiger partial charge in [-0.25, -0.2) is 0 Å². The Hall–Kier alpha value is -0.380. The fourth-order valence-corrected chi connectivity index (χ4v) is 3.03. The van der Waals surface area contributed by atoms with Crippen LogP contribution in [0.5, 0.6) is 0 Å². The fourth-order valence-electron chi connectivity index (χ4n) is 2.48. The summed E-state index contributed by atoms with van der Waals surface area (Å²) in [7, 11) is 0. The van der Waals surface area contributed by atoms with Gasteiger partial charge < -0.3 is 5.73 Å². The highest BCUT2D eigenvalue weighted by Crippen LogP contribution is 2.25. The molecule has 1 aliphatic rings. The van der Waals surface area contributed by atoms with E-state index in [2.05, 4.69) is 46.0 Å². The minimum atomic E-state index is 0.612. The number of benzene rings is 1. The molecule has 1 saturated heterocycles. The van der Waals surface area contributed by atoms with Crippen LogP contribution in [0, 0.1) is 5.92 Å². The molecular formula is C14H21BrN2. The minimum Gasteiger partial charge on any atom is -0.326 e. The maximum atomic E-state index is 5.64. The van der Waals surface area contributed by atoms with Gasteiger partial charge in [-0.2, -0.15) is 0 Å². The molecule has 2 nitrogen and oxygen atoms in total. The Labute approximate surface area is 112 Å². The van der Waals surface area contributed by atoms with Crippen LogP contribution in [-0.4, -0.2) is 18.0 Å². The van der Waals surface area contributed by atoms with Crippen molar-refractivity contribution in [1.29, 1.82) is 0 Å². The standard InChI is InChI=1S/C14H21BrN2/c1-2-11-5-6-17(9-11)10-13-4-3-12(8-16)7-14(13)15/h3-4,7,11H,2,5-6,8-10,16H2,1H3. The van der Waals surface area contributed by atoms with Crippen molar-refractivity contribution in [3.05, 3.63) is 33.8 Å². The van der Waals surface area contributed by atoms with Gasteiger partial charge in [-0.3, -0.25) is 4.90 Å². The zero-order valence-electron chi connectivity index (χ0n) is 10.5. The first-order chi connectivity index (χ1) is 8.22. The largest absolute Gasteiger partial charge is 0.326 e. The summed E-state index contributed by atoms with van der Waals surface area (Å²) in [5.41, 5.74) is 8.20. The SMILES string of the molecule is CCC1CCN(Cc2ccc(CN)cc2Br)C1. The van der Waals surface area contributed by atoms with Gasteiger partial charge in [0.05, 0.1) is 0 Å². The van der Waals surface area contributed by atoms with Crippen molar-refractivity contribution in [1.82, 2.24) is 4.90 Å². The molecule has 1 aromatic rings. The number of hydrogen-bond donors (Lipinski definition) is 1. The van der Waals surface area contributed by atoms with E-state index in [4.69, 9.17) is 5.73 Å². The van der Waals surface area contributed by atoms with E-state index >= 15 is 0 Å². The van der Waals surface area contributed by atoms with Gasteiger partial charge in [-0.05, 0) is 36.1 Å². The summed E-state index contributed by atoms with van der Waals surface area (Å²) >= 11 is 3.65. The highest BCUT2D eigenvalue weighted by molar-refractivity contribution is 9.10. The lowest BCUT2D eigenvalue weighted by atomic mass is 10.1. The zero-order chi connectivity index (χ0) is 12.3. The quantitative estimate of drug-likeness (QED) is 0.925. The molecule has 3 heteroatoms. The summed E-state index contributed by atoms with van der Waals surface area (Å²) in [5, 5.41) is 0. The predicted molar refractivity (Wildman–Crippen MR) is 75.7 cm³/mol. The maximum absolute atomic E-state index is 5.64. The molecule has 17 heavy (non-hydrogen) atoms. The summed E-state index contributed by atoms with van der Waals surface area (Å²) in [6.07, 6.45) is 2.67. The third-order valence-electron chi connectivity index (χ3n) is 3.69. The van der Waals surface area contributed by atoms with Gasteiger partial charge in [0, 0.05) is 24.1 Å². The molecule has 1 aromatic carbocycles. The number of nitrogens with zero attached hydrogens (tertiary/aromatic N) is 1. The number of rotatable bonds is 4. The van der Waals surface area contributed by atoms with E-state index in [0.29, 0.717) is 6.54 Å². The average molecular weight is 297 g/mol. The molecule has 1 heterocycles. The van der Waals surface area contributed by atoms with Crippen molar-refractivity contribution in [2.24, 2.45) is 11.7 Å². The smallest absolute Gasteiger partial charge is 0.0245 e.